The summed E-state index contributed by atoms with van der Waals surface area (Å²) < 4.78 is 8.47. The Bertz CT molecular complexity index is 694. The van der Waals surface area contributed by atoms with Crippen molar-refractivity contribution in [2.24, 2.45) is 8.73 Å². The van der Waals surface area contributed by atoms with Crippen LogP contribution in [-0.4, -0.2) is 42.5 Å². The zero-order valence-corrected chi connectivity index (χ0v) is 15.2. The van der Waals surface area contributed by atoms with Gasteiger partial charge in [-0.1, -0.05) is 6.07 Å². The number of hydrogen-bond acceptors (Lipinski definition) is 5. The highest BCUT2D eigenvalue weighted by Crippen LogP contribution is 2.38. The van der Waals surface area contributed by atoms with Crippen molar-refractivity contribution in [3.05, 3.63) is 18.2 Å². The monoisotopic (exact) mass is 367 g/mol. The van der Waals surface area contributed by atoms with Gasteiger partial charge in [0.05, 0.1) is 23.6 Å². The summed E-state index contributed by atoms with van der Waals surface area (Å²) in [5.41, 5.74) is 2.35. The number of nitrogens with one attached hydrogen (secondary N) is 2. The van der Waals surface area contributed by atoms with Gasteiger partial charge in [0, 0.05) is 18.1 Å². The maximum Gasteiger partial charge on any atom is 0.238 e. The van der Waals surface area contributed by atoms with E-state index in [1.54, 1.807) is 0 Å². The molecule has 8 heteroatoms. The lowest BCUT2D eigenvalue weighted by molar-refractivity contribution is -0.117. The molecule has 1 aromatic carbocycles. The van der Waals surface area contributed by atoms with Crippen molar-refractivity contribution >= 4 is 46.7 Å². The summed E-state index contributed by atoms with van der Waals surface area (Å²) in [7, 11) is 2.06. The van der Waals surface area contributed by atoms with E-state index in [0.29, 0.717) is 24.7 Å². The third-order valence-electron chi connectivity index (χ3n) is 5.02. The molecule has 1 aromatic rings. The van der Waals surface area contributed by atoms with Gasteiger partial charge in [-0.2, -0.15) is 8.73 Å². The molecule has 0 aliphatic carbocycles. The van der Waals surface area contributed by atoms with Crippen LogP contribution in [0.25, 0.3) is 0 Å². The Balaban J connectivity index is 0.00000169. The summed E-state index contributed by atoms with van der Waals surface area (Å²) in [6.45, 7) is 0.415. The summed E-state index contributed by atoms with van der Waals surface area (Å²) in [4.78, 5) is 14.6. The minimum Gasteiger partial charge on any atom is -0.323 e. The summed E-state index contributed by atoms with van der Waals surface area (Å²) in [6, 6.07) is 7.46. The van der Waals surface area contributed by atoms with Gasteiger partial charge in [-0.3, -0.25) is 9.69 Å². The zero-order chi connectivity index (χ0) is 15.8. The summed E-state index contributed by atoms with van der Waals surface area (Å²) in [5, 5.41) is 6.63. The smallest absolute Gasteiger partial charge is 0.238 e. The molecule has 2 atom stereocenters. The fraction of sp³-hybridized carbons (Fsp3) is 0.562. The maximum atomic E-state index is 12.4. The minimum atomic E-state index is 0. The van der Waals surface area contributed by atoms with Gasteiger partial charge in [-0.15, -0.1) is 12.4 Å². The number of anilines is 1. The van der Waals surface area contributed by atoms with Crippen molar-refractivity contribution < 1.29 is 4.79 Å². The number of likely N-dealkylation sites (N-methyl/N-ethyl adjacent to an activating group) is 1. The molecule has 4 rings (SSSR count). The fourth-order valence-corrected chi connectivity index (χ4v) is 4.39. The number of fused-ring (bicyclic) bond motifs is 3. The topological polar surface area (TPSA) is 69.1 Å². The third kappa shape index (κ3) is 3.54. The first-order valence-electron chi connectivity index (χ1n) is 8.16. The number of amides is 1. The number of carbonyl (C=O) groups is 1. The number of rotatable bonds is 4. The lowest BCUT2D eigenvalue weighted by atomic mass is 9.98. The van der Waals surface area contributed by atoms with Crippen LogP contribution in [0.3, 0.4) is 0 Å². The van der Waals surface area contributed by atoms with Crippen molar-refractivity contribution in [3.8, 4) is 0 Å². The van der Waals surface area contributed by atoms with Crippen molar-refractivity contribution in [1.82, 2.24) is 10.2 Å². The highest BCUT2D eigenvalue weighted by Gasteiger charge is 2.35. The number of benzene rings is 1. The average molecular weight is 368 g/mol. The third-order valence-corrected chi connectivity index (χ3v) is 5.57. The minimum absolute atomic E-state index is 0. The lowest BCUT2D eigenvalue weighted by Crippen LogP contribution is -2.48. The number of carbonyl (C=O) groups excluding carboxylic acids is 1. The van der Waals surface area contributed by atoms with E-state index in [-0.39, 0.29) is 18.3 Å². The standard InChI is InChI=1S/C16H21N5OS.ClH/c1-21(12-7-10-5-6-11(8-12)17-10)9-15(22)18-13-3-2-4-14-16(13)20-23-19-14;/h2-4,10-12,17H,5-9H2,1H3,(H,18,22);1H. The molecule has 1 amide bonds. The first kappa shape index (κ1) is 17.5. The Morgan fingerprint density at radius 2 is 2.08 bits per heavy atom. The van der Waals surface area contributed by atoms with Crippen LogP contribution in [0.2, 0.25) is 0 Å². The molecule has 2 saturated heterocycles. The molecule has 2 fully saturated rings. The fourth-order valence-electron chi connectivity index (χ4n) is 3.84. The highest BCUT2D eigenvalue weighted by molar-refractivity contribution is 7.58. The van der Waals surface area contributed by atoms with Gasteiger partial charge in [0.1, 0.15) is 11.4 Å². The molecular weight excluding hydrogens is 346 g/mol. The quantitative estimate of drug-likeness (QED) is 0.872. The predicted molar refractivity (Wildman–Crippen MR) is 99.5 cm³/mol. The average Bonchev–Trinajstić information content (AvgIpc) is 3.14. The Morgan fingerprint density at radius 3 is 2.83 bits per heavy atom. The molecule has 24 heavy (non-hydrogen) atoms. The van der Waals surface area contributed by atoms with Crippen LogP contribution in [0.1, 0.15) is 25.7 Å². The van der Waals surface area contributed by atoms with Crippen LogP contribution in [0, 0.1) is 0 Å². The second kappa shape index (κ2) is 7.31. The molecule has 6 nitrogen and oxygen atoms in total. The maximum absolute atomic E-state index is 12.4. The van der Waals surface area contributed by atoms with Crippen molar-refractivity contribution in [1.29, 1.82) is 0 Å². The SMILES string of the molecule is CN(CC(=O)Nc1cccc2c1N=S=N2)C1CC2CCC(C1)N2.Cl. The van der Waals surface area contributed by atoms with Crippen LogP contribution in [0.5, 0.6) is 0 Å². The summed E-state index contributed by atoms with van der Waals surface area (Å²) in [5.74, 6) is 0.0129. The number of hydrogen-bond donors (Lipinski definition) is 2. The second-order valence-corrected chi connectivity index (χ2v) is 7.19. The van der Waals surface area contributed by atoms with Gasteiger partial charge < -0.3 is 10.6 Å². The van der Waals surface area contributed by atoms with Gasteiger partial charge in [0.2, 0.25) is 5.91 Å². The van der Waals surface area contributed by atoms with E-state index < -0.39 is 0 Å². The molecule has 0 radical (unpaired) electrons. The number of piperidine rings is 1. The van der Waals surface area contributed by atoms with E-state index in [9.17, 15) is 4.79 Å². The molecular formula is C16H22ClN5OS. The van der Waals surface area contributed by atoms with Crippen LogP contribution in [0.15, 0.2) is 26.9 Å². The first-order chi connectivity index (χ1) is 11.2. The Morgan fingerprint density at radius 1 is 1.33 bits per heavy atom. The van der Waals surface area contributed by atoms with Crippen molar-refractivity contribution in [2.45, 2.75) is 43.8 Å². The van der Waals surface area contributed by atoms with E-state index in [1.807, 2.05) is 18.2 Å². The van der Waals surface area contributed by atoms with Crippen LogP contribution in [-0.2, 0) is 16.1 Å². The van der Waals surface area contributed by atoms with Crippen molar-refractivity contribution in [3.63, 3.8) is 0 Å². The lowest BCUT2D eigenvalue weighted by Gasteiger charge is -2.35. The Labute approximate surface area is 151 Å². The van der Waals surface area contributed by atoms with Gasteiger partial charge >= 0.3 is 0 Å². The molecule has 130 valence electrons. The molecule has 0 aromatic heterocycles. The summed E-state index contributed by atoms with van der Waals surface area (Å²) >= 11 is 1.17. The molecule has 3 aliphatic rings. The van der Waals surface area contributed by atoms with Crippen molar-refractivity contribution in [2.75, 3.05) is 18.9 Å². The van der Waals surface area contributed by atoms with Gasteiger partial charge in [-0.25, -0.2) is 0 Å². The van der Waals surface area contributed by atoms with E-state index in [0.717, 1.165) is 29.9 Å². The van der Waals surface area contributed by atoms with Crippen LogP contribution in [0.4, 0.5) is 17.1 Å². The molecule has 3 heterocycles. The van der Waals surface area contributed by atoms with Gasteiger partial charge in [0.15, 0.2) is 0 Å². The molecule has 3 aliphatic heterocycles. The molecule has 2 N–H and O–H groups in total. The number of halogens is 1. The van der Waals surface area contributed by atoms with E-state index in [2.05, 4.69) is 31.3 Å². The van der Waals surface area contributed by atoms with Crippen LogP contribution >= 0.6 is 12.4 Å². The van der Waals surface area contributed by atoms with Gasteiger partial charge in [0.25, 0.3) is 0 Å². The molecule has 0 spiro atoms. The van der Waals surface area contributed by atoms with Crippen LogP contribution < -0.4 is 10.6 Å². The predicted octanol–water partition coefficient (Wildman–Crippen LogP) is 2.99. The van der Waals surface area contributed by atoms with Gasteiger partial charge in [-0.05, 0) is 44.9 Å². The summed E-state index contributed by atoms with van der Waals surface area (Å²) in [6.07, 6.45) is 4.85. The largest absolute Gasteiger partial charge is 0.323 e. The number of nitrogens with zero attached hydrogens (tertiary/aromatic N) is 3. The van der Waals surface area contributed by atoms with E-state index in [1.165, 1.54) is 24.2 Å². The zero-order valence-electron chi connectivity index (χ0n) is 13.6. The second-order valence-electron chi connectivity index (χ2n) is 6.66. The molecule has 2 unspecified atom stereocenters. The molecule has 2 bridgehead atoms. The van der Waals surface area contributed by atoms with E-state index in [4.69, 9.17) is 0 Å². The Kier molecular flexibility index (Phi) is 5.34. The highest BCUT2D eigenvalue weighted by atomic mass is 35.5. The normalized spacial score (nSPS) is 26.7. The molecule has 0 saturated carbocycles. The first-order valence-corrected chi connectivity index (χ1v) is 8.89. The van der Waals surface area contributed by atoms with E-state index >= 15 is 0 Å². The Hall–Kier alpha value is -1.28.